The fourth-order valence-electron chi connectivity index (χ4n) is 3.50. The Hall–Kier alpha value is -1.23. The van der Waals surface area contributed by atoms with Crippen molar-refractivity contribution >= 4 is 10.1 Å². The molecule has 2 rings (SSSR count). The lowest BCUT2D eigenvalue weighted by atomic mass is 10.1. The summed E-state index contributed by atoms with van der Waals surface area (Å²) in [5.74, 6) is 0.333. The number of hydrogen-bond donors (Lipinski definition) is 3. The third-order valence-electron chi connectivity index (χ3n) is 6.61. The molecule has 5 atom stereocenters. The molecule has 0 spiro atoms. The van der Waals surface area contributed by atoms with Crippen LogP contribution in [0.5, 0.6) is 0 Å². The predicted molar refractivity (Wildman–Crippen MR) is 194 cm³/mol. The van der Waals surface area contributed by atoms with E-state index in [0.29, 0.717) is 25.7 Å². The molecular formula is C35H74O12S. The highest BCUT2D eigenvalue weighted by atomic mass is 32.2. The maximum atomic E-state index is 12.2. The van der Waals surface area contributed by atoms with E-state index in [2.05, 4.69) is 4.74 Å². The number of aliphatic hydroxyl groups is 3. The van der Waals surface area contributed by atoms with Crippen LogP contribution < -0.4 is 0 Å². The molecule has 3 N–H and O–H groups in total. The van der Waals surface area contributed by atoms with E-state index in [4.69, 9.17) is 43.2 Å². The molecule has 1 saturated heterocycles. The lowest BCUT2D eigenvalue weighted by Crippen LogP contribution is -2.34. The van der Waals surface area contributed by atoms with Gasteiger partial charge in [0, 0.05) is 47.6 Å². The Morgan fingerprint density at radius 1 is 0.792 bits per heavy atom. The van der Waals surface area contributed by atoms with Crippen LogP contribution in [0.2, 0.25) is 0 Å². The van der Waals surface area contributed by atoms with Gasteiger partial charge in [0.2, 0.25) is 0 Å². The van der Waals surface area contributed by atoms with Crippen LogP contribution >= 0.6 is 0 Å². The number of aliphatic hydroxyl groups excluding tert-OH is 3. The lowest BCUT2D eigenvalue weighted by Gasteiger charge is -2.27. The maximum Gasteiger partial charge on any atom is 0.297 e. The molecule has 13 heteroatoms. The zero-order chi connectivity index (χ0) is 34.5. The molecule has 1 aromatic carbocycles. The third kappa shape index (κ3) is 29.7. The van der Waals surface area contributed by atoms with Crippen LogP contribution in [0, 0.1) is 12.8 Å². The summed E-state index contributed by atoms with van der Waals surface area (Å²) in [5, 5.41) is 25.7. The van der Waals surface area contributed by atoms with Crippen molar-refractivity contribution in [3.8, 4) is 0 Å². The Morgan fingerprint density at radius 3 is 1.71 bits per heavy atom. The molecule has 5 unspecified atom stereocenters. The monoisotopic (exact) mass is 718 g/mol. The second-order valence-corrected chi connectivity index (χ2v) is 12.1. The maximum absolute atomic E-state index is 12.2. The topological polar surface area (TPSA) is 159 Å². The van der Waals surface area contributed by atoms with Gasteiger partial charge in [-0.1, -0.05) is 60.7 Å². The Morgan fingerprint density at radius 2 is 1.38 bits per heavy atom. The molecule has 292 valence electrons. The molecule has 0 bridgehead atoms. The van der Waals surface area contributed by atoms with Gasteiger partial charge in [0.05, 0.1) is 50.1 Å². The average Bonchev–Trinajstić information content (AvgIpc) is 3.05. The summed E-state index contributed by atoms with van der Waals surface area (Å²) in [6, 6.07) is 6.52. The largest absolute Gasteiger partial charge is 0.396 e. The SMILES string of the molecule is C.C.C.CCC(CO)COC.CCC(CO)OC.CCC(O)COC.COCC(COS(=O)(=O)c1ccc(C)cc1)OC1CCCCO1. The molecule has 0 aliphatic carbocycles. The quantitative estimate of drug-likeness (QED) is 0.161. The molecule has 0 amide bonds. The van der Waals surface area contributed by atoms with Crippen LogP contribution in [-0.4, -0.2) is 123 Å². The van der Waals surface area contributed by atoms with Gasteiger partial charge >= 0.3 is 0 Å². The molecule has 1 aliphatic rings. The first-order chi connectivity index (χ1) is 21.5. The van der Waals surface area contributed by atoms with Crippen molar-refractivity contribution in [3.05, 3.63) is 29.8 Å². The second kappa shape index (κ2) is 37.0. The standard InChI is InChI=1S/C16H24O6S.C6H14O2.2C5H12O2.3CH4/c1-13-6-8-15(9-7-13)23(17,18)21-12-14(11-19-2)22-16-5-3-4-10-20-16;1-3-6(4-7)5-8-2;1-3-5(6)4-7-2;1-3-5(4-6)7-2;;;/h6-9,14,16H,3-5,10-12H2,1-2H3;6-7H,3-5H2,1-2H3;2*5-6H,3-4H2,1-2H3;3*1H4. The summed E-state index contributed by atoms with van der Waals surface area (Å²) >= 11 is 0. The zero-order valence-electron chi connectivity index (χ0n) is 28.8. The van der Waals surface area contributed by atoms with Crippen LogP contribution in [0.1, 0.15) is 87.1 Å². The Kier molecular flexibility index (Phi) is 43.3. The highest BCUT2D eigenvalue weighted by molar-refractivity contribution is 7.86. The van der Waals surface area contributed by atoms with Gasteiger partial charge in [0.1, 0.15) is 6.10 Å². The van der Waals surface area contributed by atoms with E-state index in [1.54, 1.807) is 33.5 Å². The van der Waals surface area contributed by atoms with Crippen molar-refractivity contribution in [2.75, 3.05) is 74.7 Å². The van der Waals surface area contributed by atoms with E-state index in [-0.39, 0.29) is 72.1 Å². The van der Waals surface area contributed by atoms with Crippen LogP contribution in [0.15, 0.2) is 29.2 Å². The van der Waals surface area contributed by atoms with E-state index in [1.165, 1.54) is 19.2 Å². The smallest absolute Gasteiger partial charge is 0.297 e. The summed E-state index contributed by atoms with van der Waals surface area (Å²) in [7, 11) is 2.56. The predicted octanol–water partition coefficient (Wildman–Crippen LogP) is 5.63. The van der Waals surface area contributed by atoms with Crippen molar-refractivity contribution in [1.29, 1.82) is 0 Å². The molecule has 48 heavy (non-hydrogen) atoms. The molecule has 0 radical (unpaired) electrons. The minimum Gasteiger partial charge on any atom is -0.396 e. The minimum atomic E-state index is -3.81. The van der Waals surface area contributed by atoms with Crippen LogP contribution in [-0.2, 0) is 42.7 Å². The van der Waals surface area contributed by atoms with E-state index in [9.17, 15) is 8.42 Å². The van der Waals surface area contributed by atoms with Crippen molar-refractivity contribution in [2.45, 2.75) is 118 Å². The Bertz CT molecular complexity index is 851. The van der Waals surface area contributed by atoms with Gasteiger partial charge in [-0.3, -0.25) is 4.18 Å². The van der Waals surface area contributed by atoms with Crippen molar-refractivity contribution in [3.63, 3.8) is 0 Å². The average molecular weight is 719 g/mol. The highest BCUT2D eigenvalue weighted by Crippen LogP contribution is 2.18. The number of rotatable bonds is 18. The van der Waals surface area contributed by atoms with Gasteiger partial charge in [-0.15, -0.1) is 0 Å². The first-order valence-electron chi connectivity index (χ1n) is 15.6. The minimum absolute atomic E-state index is 0. The fraction of sp³-hybridized carbons (Fsp3) is 0.829. The molecule has 1 heterocycles. The Labute approximate surface area is 294 Å². The van der Waals surface area contributed by atoms with Gasteiger partial charge in [-0.25, -0.2) is 0 Å². The normalized spacial score (nSPS) is 16.2. The first kappa shape index (κ1) is 56.2. The Balaban J connectivity index is -0.000000205. The number of ether oxygens (including phenoxy) is 6. The first-order valence-corrected chi connectivity index (χ1v) is 17.0. The molecular weight excluding hydrogens is 644 g/mol. The van der Waals surface area contributed by atoms with Crippen molar-refractivity contribution < 1.29 is 56.3 Å². The van der Waals surface area contributed by atoms with Gasteiger partial charge in [-0.05, 0) is 57.6 Å². The summed E-state index contributed by atoms with van der Waals surface area (Å²) in [6.07, 6.45) is 4.44. The highest BCUT2D eigenvalue weighted by Gasteiger charge is 2.23. The fourth-order valence-corrected chi connectivity index (χ4v) is 4.44. The van der Waals surface area contributed by atoms with E-state index in [0.717, 1.165) is 44.1 Å². The molecule has 12 nitrogen and oxygen atoms in total. The lowest BCUT2D eigenvalue weighted by molar-refractivity contribution is -0.201. The summed E-state index contributed by atoms with van der Waals surface area (Å²) in [6.45, 7) is 10.1. The molecule has 0 saturated carbocycles. The van der Waals surface area contributed by atoms with E-state index < -0.39 is 16.2 Å². The molecule has 1 fully saturated rings. The van der Waals surface area contributed by atoms with Gasteiger partial charge < -0.3 is 43.7 Å². The zero-order valence-corrected chi connectivity index (χ0v) is 29.6. The van der Waals surface area contributed by atoms with E-state index in [1.807, 2.05) is 27.7 Å². The van der Waals surface area contributed by atoms with Crippen molar-refractivity contribution in [2.24, 2.45) is 5.92 Å². The van der Waals surface area contributed by atoms with Gasteiger partial charge in [0.15, 0.2) is 6.29 Å². The van der Waals surface area contributed by atoms with Crippen molar-refractivity contribution in [1.82, 2.24) is 0 Å². The molecule has 0 aromatic heterocycles. The summed E-state index contributed by atoms with van der Waals surface area (Å²) in [5.41, 5.74) is 0.985. The second-order valence-electron chi connectivity index (χ2n) is 10.4. The number of benzene rings is 1. The molecule has 1 aromatic rings. The van der Waals surface area contributed by atoms with Gasteiger partial charge in [0.25, 0.3) is 10.1 Å². The van der Waals surface area contributed by atoms with Crippen LogP contribution in [0.4, 0.5) is 0 Å². The number of methoxy groups -OCH3 is 4. The summed E-state index contributed by atoms with van der Waals surface area (Å²) in [4.78, 5) is 0.133. The number of hydrogen-bond acceptors (Lipinski definition) is 12. The third-order valence-corrected chi connectivity index (χ3v) is 7.91. The van der Waals surface area contributed by atoms with Crippen LogP contribution in [0.25, 0.3) is 0 Å². The van der Waals surface area contributed by atoms with Crippen LogP contribution in [0.3, 0.4) is 0 Å². The van der Waals surface area contributed by atoms with E-state index >= 15 is 0 Å². The summed E-state index contributed by atoms with van der Waals surface area (Å²) < 4.78 is 60.1. The molecule has 1 aliphatic heterocycles. The van der Waals surface area contributed by atoms with Gasteiger partial charge in [-0.2, -0.15) is 8.42 Å². The number of aryl methyl sites for hydroxylation is 1.